The van der Waals surface area contributed by atoms with Gasteiger partial charge in [-0.2, -0.15) is 18.3 Å². The lowest BCUT2D eigenvalue weighted by Gasteiger charge is -2.09. The molecule has 0 unspecified atom stereocenters. The van der Waals surface area contributed by atoms with Gasteiger partial charge in [-0.25, -0.2) is 5.43 Å². The van der Waals surface area contributed by atoms with E-state index in [1.807, 2.05) is 5.43 Å². The fourth-order valence-corrected chi connectivity index (χ4v) is 2.91. The van der Waals surface area contributed by atoms with Crippen molar-refractivity contribution in [2.45, 2.75) is 6.18 Å². The number of carbonyl (C=O) groups is 3. The molecule has 0 radical (unpaired) electrons. The number of hydrogen-bond donors (Lipinski definition) is 3. The van der Waals surface area contributed by atoms with Crippen LogP contribution in [0.3, 0.4) is 0 Å². The first-order valence-corrected chi connectivity index (χ1v) is 10.6. The predicted molar refractivity (Wildman–Crippen MR) is 128 cm³/mol. The molecule has 3 N–H and O–H groups in total. The van der Waals surface area contributed by atoms with Gasteiger partial charge in [0.1, 0.15) is 5.75 Å². The largest absolute Gasteiger partial charge is 0.484 e. The molecule has 0 spiro atoms. The van der Waals surface area contributed by atoms with E-state index < -0.39 is 29.5 Å². The monoisotopic (exact) mass is 518 g/mol. The Morgan fingerprint density at radius 2 is 1.64 bits per heavy atom. The van der Waals surface area contributed by atoms with E-state index in [2.05, 4.69) is 15.7 Å². The Hall–Kier alpha value is -4.38. The molecule has 186 valence electrons. The highest BCUT2D eigenvalue weighted by Crippen LogP contribution is 2.30. The highest BCUT2D eigenvalue weighted by Gasteiger charge is 2.30. The molecule has 0 saturated heterocycles. The molecule has 0 fully saturated rings. The average Bonchev–Trinajstić information content (AvgIpc) is 2.84. The SMILES string of the molecule is O=C(COc1ccc(/C=N/NC(=O)C(=O)Nc2cccc(C(F)(F)F)c2)cc1)Nc1ccccc1Cl. The van der Waals surface area contributed by atoms with Crippen LogP contribution >= 0.6 is 11.6 Å². The molecule has 0 atom stereocenters. The molecule has 0 aliphatic heterocycles. The minimum atomic E-state index is -4.59. The van der Waals surface area contributed by atoms with Crippen molar-refractivity contribution < 1.29 is 32.3 Å². The predicted octanol–water partition coefficient (Wildman–Crippen LogP) is 4.47. The van der Waals surface area contributed by atoms with Crippen LogP contribution in [0.2, 0.25) is 5.02 Å². The van der Waals surface area contributed by atoms with Gasteiger partial charge in [-0.15, -0.1) is 0 Å². The number of halogens is 4. The number of anilines is 2. The van der Waals surface area contributed by atoms with Crippen molar-refractivity contribution in [3.8, 4) is 5.75 Å². The summed E-state index contributed by atoms with van der Waals surface area (Å²) in [6.07, 6.45) is -3.35. The van der Waals surface area contributed by atoms with Crippen LogP contribution in [-0.4, -0.2) is 30.5 Å². The summed E-state index contributed by atoms with van der Waals surface area (Å²) in [4.78, 5) is 35.7. The number of nitrogens with zero attached hydrogens (tertiary/aromatic N) is 1. The van der Waals surface area contributed by atoms with Gasteiger partial charge >= 0.3 is 18.0 Å². The quantitative estimate of drug-likeness (QED) is 0.244. The second-order valence-electron chi connectivity index (χ2n) is 7.12. The van der Waals surface area contributed by atoms with Crippen LogP contribution < -0.4 is 20.8 Å². The second-order valence-corrected chi connectivity index (χ2v) is 7.52. The Labute approximate surface area is 208 Å². The number of hydrazone groups is 1. The Balaban J connectivity index is 1.45. The number of para-hydroxylation sites is 1. The van der Waals surface area contributed by atoms with Gasteiger partial charge in [0.15, 0.2) is 6.61 Å². The molecule has 12 heteroatoms. The molecule has 3 aromatic carbocycles. The van der Waals surface area contributed by atoms with E-state index >= 15 is 0 Å². The van der Waals surface area contributed by atoms with Crippen molar-refractivity contribution in [1.82, 2.24) is 5.43 Å². The van der Waals surface area contributed by atoms with E-state index in [1.165, 1.54) is 12.3 Å². The fraction of sp³-hybridized carbons (Fsp3) is 0.0833. The molecular formula is C24H18ClF3N4O4. The highest BCUT2D eigenvalue weighted by molar-refractivity contribution is 6.39. The first-order valence-electron chi connectivity index (χ1n) is 10.2. The van der Waals surface area contributed by atoms with Gasteiger partial charge in [0, 0.05) is 5.69 Å². The van der Waals surface area contributed by atoms with Crippen LogP contribution in [0, 0.1) is 0 Å². The molecule has 0 bridgehead atoms. The highest BCUT2D eigenvalue weighted by atomic mass is 35.5. The van der Waals surface area contributed by atoms with E-state index in [1.54, 1.807) is 48.5 Å². The third-order valence-electron chi connectivity index (χ3n) is 4.43. The number of ether oxygens (including phenoxy) is 1. The van der Waals surface area contributed by atoms with Crippen molar-refractivity contribution in [3.63, 3.8) is 0 Å². The van der Waals surface area contributed by atoms with Gasteiger partial charge in [0.05, 0.1) is 22.5 Å². The van der Waals surface area contributed by atoms with Gasteiger partial charge in [0.2, 0.25) is 0 Å². The zero-order valence-electron chi connectivity index (χ0n) is 18.3. The molecule has 0 aliphatic carbocycles. The first kappa shape index (κ1) is 26.2. The third kappa shape index (κ3) is 7.84. The van der Waals surface area contributed by atoms with Crippen molar-refractivity contribution in [1.29, 1.82) is 0 Å². The van der Waals surface area contributed by atoms with E-state index in [9.17, 15) is 27.6 Å². The van der Waals surface area contributed by atoms with Gasteiger partial charge in [0.25, 0.3) is 5.91 Å². The van der Waals surface area contributed by atoms with Crippen LogP contribution in [0.4, 0.5) is 24.5 Å². The molecular weight excluding hydrogens is 501 g/mol. The minimum absolute atomic E-state index is 0.190. The van der Waals surface area contributed by atoms with E-state index in [-0.39, 0.29) is 12.3 Å². The van der Waals surface area contributed by atoms with Gasteiger partial charge < -0.3 is 15.4 Å². The first-order chi connectivity index (χ1) is 17.1. The molecule has 3 amide bonds. The van der Waals surface area contributed by atoms with Crippen LogP contribution in [0.5, 0.6) is 5.75 Å². The summed E-state index contributed by atoms with van der Waals surface area (Å²) in [6, 6.07) is 16.9. The lowest BCUT2D eigenvalue weighted by atomic mass is 10.2. The zero-order chi connectivity index (χ0) is 26.1. The smallest absolute Gasteiger partial charge is 0.416 e. The van der Waals surface area contributed by atoms with Gasteiger partial charge in [-0.05, 0) is 60.2 Å². The summed E-state index contributed by atoms with van der Waals surface area (Å²) in [5.74, 6) is -2.37. The minimum Gasteiger partial charge on any atom is -0.484 e. The molecule has 0 saturated carbocycles. The standard InChI is InChI=1S/C24H18ClF3N4O4/c25-19-6-1-2-7-20(19)31-21(33)14-36-18-10-8-15(9-11-18)13-29-32-23(35)22(34)30-17-5-3-4-16(12-17)24(26,27)28/h1-13H,14H2,(H,30,34)(H,31,33)(H,32,35)/b29-13+. The lowest BCUT2D eigenvalue weighted by molar-refractivity contribution is -0.137. The number of benzene rings is 3. The number of hydrogen-bond acceptors (Lipinski definition) is 5. The van der Waals surface area contributed by atoms with E-state index in [4.69, 9.17) is 16.3 Å². The maximum absolute atomic E-state index is 12.7. The van der Waals surface area contributed by atoms with Crippen LogP contribution in [-0.2, 0) is 20.6 Å². The summed E-state index contributed by atoms with van der Waals surface area (Å²) >= 11 is 5.98. The van der Waals surface area contributed by atoms with E-state index in [0.717, 1.165) is 12.1 Å². The van der Waals surface area contributed by atoms with Crippen molar-refractivity contribution in [3.05, 3.63) is 88.9 Å². The van der Waals surface area contributed by atoms with Crippen molar-refractivity contribution in [2.75, 3.05) is 17.2 Å². The molecule has 3 rings (SSSR count). The lowest BCUT2D eigenvalue weighted by Crippen LogP contribution is -2.32. The Morgan fingerprint density at radius 3 is 2.33 bits per heavy atom. The maximum Gasteiger partial charge on any atom is 0.416 e. The van der Waals surface area contributed by atoms with Crippen LogP contribution in [0.15, 0.2) is 77.9 Å². The molecule has 0 aromatic heterocycles. The normalized spacial score (nSPS) is 11.1. The van der Waals surface area contributed by atoms with Gasteiger partial charge in [-0.1, -0.05) is 29.8 Å². The third-order valence-corrected chi connectivity index (χ3v) is 4.76. The number of amides is 3. The number of alkyl halides is 3. The fourth-order valence-electron chi connectivity index (χ4n) is 2.73. The number of carbonyl (C=O) groups excluding carboxylic acids is 3. The Bertz CT molecular complexity index is 1280. The topological polar surface area (TPSA) is 109 Å². The zero-order valence-corrected chi connectivity index (χ0v) is 19.1. The number of nitrogens with one attached hydrogen (secondary N) is 3. The summed E-state index contributed by atoms with van der Waals surface area (Å²) in [5.41, 5.74) is 1.82. The summed E-state index contributed by atoms with van der Waals surface area (Å²) in [5, 5.41) is 8.73. The summed E-state index contributed by atoms with van der Waals surface area (Å²) in [6.45, 7) is -0.254. The molecule has 8 nitrogen and oxygen atoms in total. The number of rotatable bonds is 7. The second kappa shape index (κ2) is 11.8. The molecule has 0 aliphatic rings. The van der Waals surface area contributed by atoms with Crippen molar-refractivity contribution in [2.24, 2.45) is 5.10 Å². The molecule has 3 aromatic rings. The Morgan fingerprint density at radius 1 is 0.917 bits per heavy atom. The molecule has 0 heterocycles. The van der Waals surface area contributed by atoms with Crippen LogP contribution in [0.25, 0.3) is 0 Å². The van der Waals surface area contributed by atoms with Crippen molar-refractivity contribution >= 4 is 46.9 Å². The Kier molecular flexibility index (Phi) is 8.63. The summed E-state index contributed by atoms with van der Waals surface area (Å²) in [7, 11) is 0. The molecule has 36 heavy (non-hydrogen) atoms. The van der Waals surface area contributed by atoms with Gasteiger partial charge in [-0.3, -0.25) is 14.4 Å². The summed E-state index contributed by atoms with van der Waals surface area (Å²) < 4.78 is 43.6. The van der Waals surface area contributed by atoms with Crippen LogP contribution in [0.1, 0.15) is 11.1 Å². The van der Waals surface area contributed by atoms with E-state index in [0.29, 0.717) is 28.1 Å². The maximum atomic E-state index is 12.7. The average molecular weight is 519 g/mol.